The van der Waals surface area contributed by atoms with Gasteiger partial charge in [0.1, 0.15) is 0 Å². The average Bonchev–Trinajstić information content (AvgIpc) is 2.41. The molecule has 110 valence electrons. The maximum absolute atomic E-state index is 12.5. The van der Waals surface area contributed by atoms with Crippen molar-refractivity contribution in [3.63, 3.8) is 0 Å². The number of hydrogen-bond acceptors (Lipinski definition) is 3. The molecule has 1 aliphatic rings. The molecule has 0 bridgehead atoms. The number of nitrogens with zero attached hydrogens (tertiary/aromatic N) is 1. The average molecular weight is 289 g/mol. The second-order valence-electron chi connectivity index (χ2n) is 4.33. The van der Waals surface area contributed by atoms with Crippen molar-refractivity contribution in [3.8, 4) is 0 Å². The predicted octanol–water partition coefficient (Wildman–Crippen LogP) is 2.15. The second kappa shape index (κ2) is 5.58. The number of nitrogen functional groups attached to an aromatic ring is 1. The number of alkyl halides is 3. The first-order chi connectivity index (χ1) is 9.38. The Morgan fingerprint density at radius 2 is 1.95 bits per heavy atom. The van der Waals surface area contributed by atoms with Crippen molar-refractivity contribution in [1.82, 2.24) is 4.90 Å². The maximum Gasteiger partial charge on any atom is 0.416 e. The number of halogens is 3. The van der Waals surface area contributed by atoms with Crippen LogP contribution >= 0.6 is 0 Å². The summed E-state index contributed by atoms with van der Waals surface area (Å²) in [5, 5.41) is 2.50. The lowest BCUT2D eigenvalue weighted by atomic mass is 10.1. The fraction of sp³-hybridized carbons (Fsp3) is 0.417. The molecule has 0 atom stereocenters. The molecule has 1 aromatic rings. The van der Waals surface area contributed by atoms with Gasteiger partial charge < -0.3 is 20.7 Å². The predicted molar refractivity (Wildman–Crippen MR) is 67.3 cm³/mol. The fourth-order valence-electron chi connectivity index (χ4n) is 1.81. The molecule has 0 radical (unpaired) electrons. The van der Waals surface area contributed by atoms with Crippen molar-refractivity contribution >= 4 is 17.4 Å². The molecule has 1 heterocycles. The monoisotopic (exact) mass is 289 g/mol. The summed E-state index contributed by atoms with van der Waals surface area (Å²) < 4.78 is 42.6. The molecular weight excluding hydrogens is 275 g/mol. The summed E-state index contributed by atoms with van der Waals surface area (Å²) in [4.78, 5) is 13.4. The molecule has 1 aromatic carbocycles. The Labute approximate surface area is 113 Å². The number of amides is 2. The lowest BCUT2D eigenvalue weighted by molar-refractivity contribution is -0.137. The maximum atomic E-state index is 12.5. The van der Waals surface area contributed by atoms with E-state index in [0.29, 0.717) is 26.3 Å². The third-order valence-electron chi connectivity index (χ3n) is 2.92. The molecule has 0 aliphatic carbocycles. The van der Waals surface area contributed by atoms with Crippen LogP contribution in [0.3, 0.4) is 0 Å². The molecule has 2 rings (SSSR count). The molecular formula is C12H14F3N3O2. The smallest absolute Gasteiger partial charge is 0.397 e. The van der Waals surface area contributed by atoms with Gasteiger partial charge >= 0.3 is 12.2 Å². The van der Waals surface area contributed by atoms with Gasteiger partial charge in [-0.2, -0.15) is 13.2 Å². The van der Waals surface area contributed by atoms with E-state index >= 15 is 0 Å². The molecule has 0 saturated carbocycles. The Morgan fingerprint density at radius 1 is 1.30 bits per heavy atom. The summed E-state index contributed by atoms with van der Waals surface area (Å²) in [6.45, 7) is 1.75. The number of ether oxygens (including phenoxy) is 1. The standard InChI is InChI=1S/C12H14F3N3O2/c13-12(14,15)8-1-2-10(9(16)7-8)17-11(19)18-3-5-20-6-4-18/h1-2,7H,3-6,16H2,(H,17,19). The van der Waals surface area contributed by atoms with Crippen molar-refractivity contribution in [1.29, 1.82) is 0 Å². The molecule has 1 fully saturated rings. The number of urea groups is 1. The minimum absolute atomic E-state index is 0.124. The fourth-order valence-corrected chi connectivity index (χ4v) is 1.81. The summed E-state index contributed by atoms with van der Waals surface area (Å²) in [6.07, 6.45) is -4.46. The van der Waals surface area contributed by atoms with Gasteiger partial charge in [-0.3, -0.25) is 0 Å². The molecule has 1 aliphatic heterocycles. The van der Waals surface area contributed by atoms with E-state index in [0.717, 1.165) is 18.2 Å². The van der Waals surface area contributed by atoms with Crippen molar-refractivity contribution in [2.24, 2.45) is 0 Å². The van der Waals surface area contributed by atoms with Gasteiger partial charge in [-0.1, -0.05) is 0 Å². The lowest BCUT2D eigenvalue weighted by Crippen LogP contribution is -2.43. The van der Waals surface area contributed by atoms with Crippen molar-refractivity contribution in [2.45, 2.75) is 6.18 Å². The van der Waals surface area contributed by atoms with Crippen LogP contribution < -0.4 is 11.1 Å². The SMILES string of the molecule is Nc1cc(C(F)(F)F)ccc1NC(=O)N1CCOCC1. The van der Waals surface area contributed by atoms with Crippen LogP contribution in [0, 0.1) is 0 Å². The van der Waals surface area contributed by atoms with E-state index in [-0.39, 0.29) is 11.4 Å². The van der Waals surface area contributed by atoms with Crippen LogP contribution in [0.25, 0.3) is 0 Å². The van der Waals surface area contributed by atoms with Crippen molar-refractivity contribution in [3.05, 3.63) is 23.8 Å². The Balaban J connectivity index is 2.08. The lowest BCUT2D eigenvalue weighted by Gasteiger charge is -2.27. The Kier molecular flexibility index (Phi) is 4.03. The number of hydrogen-bond donors (Lipinski definition) is 2. The van der Waals surface area contributed by atoms with Gasteiger partial charge in [-0.15, -0.1) is 0 Å². The first-order valence-corrected chi connectivity index (χ1v) is 5.98. The zero-order valence-corrected chi connectivity index (χ0v) is 10.5. The molecule has 8 heteroatoms. The zero-order chi connectivity index (χ0) is 14.8. The van der Waals surface area contributed by atoms with Crippen molar-refractivity contribution < 1.29 is 22.7 Å². The van der Waals surface area contributed by atoms with E-state index in [9.17, 15) is 18.0 Å². The highest BCUT2D eigenvalue weighted by molar-refractivity contribution is 5.92. The summed E-state index contributed by atoms with van der Waals surface area (Å²) in [5.74, 6) is 0. The van der Waals surface area contributed by atoms with Gasteiger partial charge in [0, 0.05) is 13.1 Å². The second-order valence-corrected chi connectivity index (χ2v) is 4.33. The first-order valence-electron chi connectivity index (χ1n) is 5.98. The molecule has 0 unspecified atom stereocenters. The number of rotatable bonds is 1. The minimum atomic E-state index is -4.46. The summed E-state index contributed by atoms with van der Waals surface area (Å²) in [7, 11) is 0. The summed E-state index contributed by atoms with van der Waals surface area (Å²) >= 11 is 0. The Hall–Kier alpha value is -1.96. The molecule has 1 saturated heterocycles. The number of nitrogens with one attached hydrogen (secondary N) is 1. The molecule has 2 amide bonds. The number of carbonyl (C=O) groups excluding carboxylic acids is 1. The van der Waals surface area contributed by atoms with Crippen LogP contribution in [0.15, 0.2) is 18.2 Å². The number of benzene rings is 1. The third kappa shape index (κ3) is 3.32. The van der Waals surface area contributed by atoms with E-state index < -0.39 is 17.8 Å². The van der Waals surface area contributed by atoms with Crippen LogP contribution in [-0.4, -0.2) is 37.2 Å². The highest BCUT2D eigenvalue weighted by atomic mass is 19.4. The van der Waals surface area contributed by atoms with Crippen LogP contribution in [0.4, 0.5) is 29.3 Å². The van der Waals surface area contributed by atoms with E-state index in [1.807, 2.05) is 0 Å². The number of anilines is 2. The third-order valence-corrected chi connectivity index (χ3v) is 2.92. The van der Waals surface area contributed by atoms with Gasteiger partial charge in [0.2, 0.25) is 0 Å². The Bertz CT molecular complexity index is 499. The highest BCUT2D eigenvalue weighted by Crippen LogP contribution is 2.32. The van der Waals surface area contributed by atoms with Crippen LogP contribution in [0.1, 0.15) is 5.56 Å². The van der Waals surface area contributed by atoms with E-state index in [4.69, 9.17) is 10.5 Å². The van der Waals surface area contributed by atoms with E-state index in [2.05, 4.69) is 5.32 Å². The molecule has 0 spiro atoms. The van der Waals surface area contributed by atoms with E-state index in [1.54, 1.807) is 0 Å². The summed E-state index contributed by atoms with van der Waals surface area (Å²) in [6, 6.07) is 2.43. The van der Waals surface area contributed by atoms with Gasteiger partial charge in [-0.05, 0) is 18.2 Å². The van der Waals surface area contributed by atoms with E-state index in [1.165, 1.54) is 4.90 Å². The van der Waals surface area contributed by atoms with Crippen molar-refractivity contribution in [2.75, 3.05) is 37.4 Å². The van der Waals surface area contributed by atoms with Crippen LogP contribution in [-0.2, 0) is 10.9 Å². The number of carbonyl (C=O) groups is 1. The number of nitrogens with two attached hydrogens (primary N) is 1. The topological polar surface area (TPSA) is 67.6 Å². The molecule has 20 heavy (non-hydrogen) atoms. The number of morpholine rings is 1. The largest absolute Gasteiger partial charge is 0.416 e. The van der Waals surface area contributed by atoms with Gasteiger partial charge in [0.05, 0.1) is 30.2 Å². The van der Waals surface area contributed by atoms with Gasteiger partial charge in [-0.25, -0.2) is 4.79 Å². The molecule has 5 nitrogen and oxygen atoms in total. The normalized spacial score (nSPS) is 16.1. The minimum Gasteiger partial charge on any atom is -0.397 e. The summed E-state index contributed by atoms with van der Waals surface area (Å²) in [5.41, 5.74) is 4.73. The first kappa shape index (κ1) is 14.4. The highest BCUT2D eigenvalue weighted by Gasteiger charge is 2.31. The van der Waals surface area contributed by atoms with Crippen LogP contribution in [0.2, 0.25) is 0 Å². The zero-order valence-electron chi connectivity index (χ0n) is 10.5. The Morgan fingerprint density at radius 3 is 2.50 bits per heavy atom. The quantitative estimate of drug-likeness (QED) is 0.778. The molecule has 0 aromatic heterocycles. The van der Waals surface area contributed by atoms with Crippen LogP contribution in [0.5, 0.6) is 0 Å². The van der Waals surface area contributed by atoms with Gasteiger partial charge in [0.25, 0.3) is 0 Å². The molecule has 3 N–H and O–H groups in total. The van der Waals surface area contributed by atoms with Gasteiger partial charge in [0.15, 0.2) is 0 Å².